The zero-order valence-corrected chi connectivity index (χ0v) is 21.8. The SMILES string of the molecule is CC1(CN2CCC(COc3ccc(-c4ccc(C(=O)N5CCC[C@H]5C(N)=O)c(F)c4)cc3)CC2)CCC1. The fraction of sp³-hybridized carbons (Fsp3) is 0.533. The van der Waals surface area contributed by atoms with E-state index in [1.54, 1.807) is 6.07 Å². The van der Waals surface area contributed by atoms with Gasteiger partial charge in [0, 0.05) is 13.1 Å². The molecule has 2 saturated heterocycles. The molecule has 6 nitrogen and oxygen atoms in total. The van der Waals surface area contributed by atoms with Crippen LogP contribution in [0.3, 0.4) is 0 Å². The molecule has 0 unspecified atom stereocenters. The van der Waals surface area contributed by atoms with Gasteiger partial charge in [-0.3, -0.25) is 9.59 Å². The van der Waals surface area contributed by atoms with Gasteiger partial charge in [-0.05, 0) is 98.3 Å². The molecule has 1 saturated carbocycles. The molecule has 37 heavy (non-hydrogen) atoms. The smallest absolute Gasteiger partial charge is 0.257 e. The van der Waals surface area contributed by atoms with E-state index in [1.807, 2.05) is 24.3 Å². The first-order chi connectivity index (χ1) is 17.8. The fourth-order valence-corrected chi connectivity index (χ4v) is 6.08. The quantitative estimate of drug-likeness (QED) is 0.554. The number of amides is 2. The number of halogens is 1. The molecule has 0 radical (unpaired) electrons. The average molecular weight is 508 g/mol. The van der Waals surface area contributed by atoms with Crippen molar-refractivity contribution >= 4 is 11.8 Å². The Hall–Kier alpha value is -2.93. The number of rotatable bonds is 8. The molecule has 2 aromatic rings. The van der Waals surface area contributed by atoms with E-state index in [2.05, 4.69) is 11.8 Å². The summed E-state index contributed by atoms with van der Waals surface area (Å²) in [7, 11) is 0. The molecule has 2 aliphatic heterocycles. The van der Waals surface area contributed by atoms with Gasteiger partial charge in [0.05, 0.1) is 12.2 Å². The zero-order chi connectivity index (χ0) is 26.0. The van der Waals surface area contributed by atoms with Crippen LogP contribution in [0, 0.1) is 17.2 Å². The van der Waals surface area contributed by atoms with Crippen LogP contribution < -0.4 is 10.5 Å². The predicted molar refractivity (Wildman–Crippen MR) is 142 cm³/mol. The highest BCUT2D eigenvalue weighted by Gasteiger charge is 2.35. The highest BCUT2D eigenvalue weighted by atomic mass is 19.1. The van der Waals surface area contributed by atoms with E-state index >= 15 is 0 Å². The van der Waals surface area contributed by atoms with Crippen LogP contribution in [0.1, 0.15) is 62.2 Å². The number of likely N-dealkylation sites (tertiary alicyclic amines) is 2. The lowest BCUT2D eigenvalue weighted by Gasteiger charge is -2.44. The van der Waals surface area contributed by atoms with Crippen LogP contribution in [0.25, 0.3) is 11.1 Å². The largest absolute Gasteiger partial charge is 0.493 e. The van der Waals surface area contributed by atoms with Gasteiger partial charge in [-0.1, -0.05) is 31.5 Å². The van der Waals surface area contributed by atoms with Crippen molar-refractivity contribution in [2.75, 3.05) is 32.8 Å². The second-order valence-electron chi connectivity index (χ2n) is 11.5. The Morgan fingerprint density at radius 2 is 1.70 bits per heavy atom. The highest BCUT2D eigenvalue weighted by molar-refractivity contribution is 5.98. The molecule has 0 bridgehead atoms. The molecule has 2 aromatic carbocycles. The topological polar surface area (TPSA) is 75.9 Å². The van der Waals surface area contributed by atoms with Gasteiger partial charge >= 0.3 is 0 Å². The van der Waals surface area contributed by atoms with Gasteiger partial charge in [0.1, 0.15) is 17.6 Å². The summed E-state index contributed by atoms with van der Waals surface area (Å²) in [5.41, 5.74) is 7.45. The van der Waals surface area contributed by atoms with Crippen LogP contribution in [0.15, 0.2) is 42.5 Å². The highest BCUT2D eigenvalue weighted by Crippen LogP contribution is 2.41. The Labute approximate surface area is 219 Å². The number of ether oxygens (including phenoxy) is 1. The summed E-state index contributed by atoms with van der Waals surface area (Å²) >= 11 is 0. The molecule has 1 atom stereocenters. The summed E-state index contributed by atoms with van der Waals surface area (Å²) in [6.45, 7) is 7.12. The number of primary amides is 1. The van der Waals surface area contributed by atoms with Crippen LogP contribution in [0.2, 0.25) is 0 Å². The van der Waals surface area contributed by atoms with Crippen molar-refractivity contribution in [3.8, 4) is 16.9 Å². The van der Waals surface area contributed by atoms with E-state index in [0.29, 0.717) is 36.3 Å². The van der Waals surface area contributed by atoms with E-state index in [4.69, 9.17) is 10.5 Å². The molecule has 5 rings (SSSR count). The lowest BCUT2D eigenvalue weighted by Crippen LogP contribution is -2.44. The van der Waals surface area contributed by atoms with Gasteiger partial charge in [-0.15, -0.1) is 0 Å². The van der Waals surface area contributed by atoms with Gasteiger partial charge in [-0.25, -0.2) is 4.39 Å². The second kappa shape index (κ2) is 10.8. The summed E-state index contributed by atoms with van der Waals surface area (Å²) in [5.74, 6) is -0.247. The molecule has 1 aliphatic carbocycles. The first-order valence-electron chi connectivity index (χ1n) is 13.7. The third-order valence-electron chi connectivity index (χ3n) is 8.59. The number of benzene rings is 2. The van der Waals surface area contributed by atoms with Crippen molar-refractivity contribution in [3.05, 3.63) is 53.8 Å². The molecule has 2 amide bonds. The first kappa shape index (κ1) is 25.7. The molecule has 2 heterocycles. The number of carbonyl (C=O) groups is 2. The van der Waals surface area contributed by atoms with Crippen LogP contribution in [0.5, 0.6) is 5.75 Å². The van der Waals surface area contributed by atoms with Gasteiger partial charge in [0.25, 0.3) is 5.91 Å². The third kappa shape index (κ3) is 5.82. The van der Waals surface area contributed by atoms with Gasteiger partial charge in [0.2, 0.25) is 5.91 Å². The zero-order valence-electron chi connectivity index (χ0n) is 21.8. The summed E-state index contributed by atoms with van der Waals surface area (Å²) in [5, 5.41) is 0. The minimum atomic E-state index is -0.664. The fourth-order valence-electron chi connectivity index (χ4n) is 6.08. The predicted octanol–water partition coefficient (Wildman–Crippen LogP) is 4.86. The van der Waals surface area contributed by atoms with Crippen molar-refractivity contribution in [3.63, 3.8) is 0 Å². The molecule has 3 fully saturated rings. The Morgan fingerprint density at radius 3 is 2.32 bits per heavy atom. The standard InChI is InChI=1S/C30H38FN3O3/c1-30(13-3-14-30)20-33-16-11-21(12-17-33)19-37-24-8-5-22(6-9-24)23-7-10-25(26(31)18-23)29(36)34-15-2-4-27(34)28(32)35/h5-10,18,21,27H,2-4,11-17,19-20H2,1H3,(H2,32,35)/t27-/m0/s1. The number of nitrogens with two attached hydrogens (primary N) is 1. The Kier molecular flexibility index (Phi) is 7.52. The third-order valence-corrected chi connectivity index (χ3v) is 8.59. The number of hydrogen-bond acceptors (Lipinski definition) is 4. The van der Waals surface area contributed by atoms with E-state index in [9.17, 15) is 14.0 Å². The maximum Gasteiger partial charge on any atom is 0.257 e. The van der Waals surface area contributed by atoms with E-state index in [-0.39, 0.29) is 5.56 Å². The number of carbonyl (C=O) groups excluding carboxylic acids is 2. The lowest BCUT2D eigenvalue weighted by molar-refractivity contribution is -0.121. The minimum Gasteiger partial charge on any atom is -0.493 e. The van der Waals surface area contributed by atoms with Crippen molar-refractivity contribution in [1.29, 1.82) is 0 Å². The Morgan fingerprint density at radius 1 is 1.00 bits per heavy atom. The van der Waals surface area contributed by atoms with Gasteiger partial charge in [-0.2, -0.15) is 0 Å². The van der Waals surface area contributed by atoms with Crippen molar-refractivity contribution in [2.45, 2.75) is 57.9 Å². The molecular formula is C30H38FN3O3. The lowest BCUT2D eigenvalue weighted by atomic mass is 9.70. The minimum absolute atomic E-state index is 0.0373. The van der Waals surface area contributed by atoms with Crippen LogP contribution >= 0.6 is 0 Å². The summed E-state index contributed by atoms with van der Waals surface area (Å²) in [6.07, 6.45) is 7.69. The maximum absolute atomic E-state index is 14.9. The molecule has 3 aliphatic rings. The van der Waals surface area contributed by atoms with E-state index in [1.165, 1.54) is 55.7 Å². The van der Waals surface area contributed by atoms with Crippen molar-refractivity contribution in [1.82, 2.24) is 9.80 Å². The molecule has 0 aromatic heterocycles. The average Bonchev–Trinajstić information content (AvgIpc) is 3.38. The van der Waals surface area contributed by atoms with Crippen molar-refractivity contribution < 1.29 is 18.7 Å². The molecular weight excluding hydrogens is 469 g/mol. The van der Waals surface area contributed by atoms with E-state index in [0.717, 1.165) is 31.0 Å². The van der Waals surface area contributed by atoms with Gasteiger partial charge in [0.15, 0.2) is 0 Å². The Balaban J connectivity index is 1.13. The second-order valence-corrected chi connectivity index (χ2v) is 11.5. The summed E-state index contributed by atoms with van der Waals surface area (Å²) in [6, 6.07) is 11.6. The molecule has 0 spiro atoms. The van der Waals surface area contributed by atoms with Gasteiger partial charge < -0.3 is 20.3 Å². The number of nitrogens with zero attached hydrogens (tertiary/aromatic N) is 2. The monoisotopic (exact) mass is 507 g/mol. The molecule has 198 valence electrons. The molecule has 7 heteroatoms. The van der Waals surface area contributed by atoms with Crippen molar-refractivity contribution in [2.24, 2.45) is 17.1 Å². The number of hydrogen-bond donors (Lipinski definition) is 1. The number of piperidine rings is 1. The normalized spacial score (nSPS) is 22.0. The first-order valence-corrected chi connectivity index (χ1v) is 13.7. The van der Waals surface area contributed by atoms with Crippen LogP contribution in [-0.4, -0.2) is 60.4 Å². The summed E-state index contributed by atoms with van der Waals surface area (Å²) in [4.78, 5) is 28.5. The summed E-state index contributed by atoms with van der Waals surface area (Å²) < 4.78 is 21.0. The van der Waals surface area contributed by atoms with Crippen LogP contribution in [-0.2, 0) is 4.79 Å². The van der Waals surface area contributed by atoms with Crippen LogP contribution in [0.4, 0.5) is 4.39 Å². The Bertz CT molecular complexity index is 1120. The van der Waals surface area contributed by atoms with E-state index < -0.39 is 23.7 Å². The maximum atomic E-state index is 14.9. The molecule has 2 N–H and O–H groups in total.